The van der Waals surface area contributed by atoms with Crippen molar-refractivity contribution >= 4 is 11.6 Å². The summed E-state index contributed by atoms with van der Waals surface area (Å²) >= 11 is 0. The Labute approximate surface area is 94.6 Å². The number of aliphatic hydroxyl groups is 1. The van der Waals surface area contributed by atoms with E-state index in [4.69, 9.17) is 4.74 Å². The predicted molar refractivity (Wildman–Crippen MR) is 58.7 cm³/mol. The van der Waals surface area contributed by atoms with E-state index in [0.717, 1.165) is 0 Å². The molecule has 0 saturated carbocycles. The number of carbonyl (C=O) groups is 2. The van der Waals surface area contributed by atoms with Gasteiger partial charge in [0.15, 0.2) is 5.78 Å². The second kappa shape index (κ2) is 4.22. The number of hydrogen-bond acceptors (Lipinski definition) is 4. The lowest BCUT2D eigenvalue weighted by Gasteiger charge is -2.28. The van der Waals surface area contributed by atoms with Crippen molar-refractivity contribution in [3.8, 4) is 0 Å². The van der Waals surface area contributed by atoms with Crippen molar-refractivity contribution in [2.75, 3.05) is 13.7 Å². The Kier molecular flexibility index (Phi) is 3.33. The van der Waals surface area contributed by atoms with Gasteiger partial charge in [-0.2, -0.15) is 0 Å². The van der Waals surface area contributed by atoms with Crippen LogP contribution in [0.5, 0.6) is 0 Å². The van der Waals surface area contributed by atoms with Gasteiger partial charge in [0.1, 0.15) is 17.0 Å². The van der Waals surface area contributed by atoms with Gasteiger partial charge in [0.05, 0.1) is 19.3 Å². The summed E-state index contributed by atoms with van der Waals surface area (Å²) in [5, 5.41) is 9.49. The van der Waals surface area contributed by atoms with Gasteiger partial charge in [0.25, 0.3) is 0 Å². The highest BCUT2D eigenvalue weighted by molar-refractivity contribution is 6.15. The highest BCUT2D eigenvalue weighted by Crippen LogP contribution is 2.43. The van der Waals surface area contributed by atoms with Crippen LogP contribution in [0.25, 0.3) is 0 Å². The van der Waals surface area contributed by atoms with Gasteiger partial charge in [-0.1, -0.05) is 0 Å². The smallest absolute Gasteiger partial charge is 0.186 e. The predicted octanol–water partition coefficient (Wildman–Crippen LogP) is 1.00. The number of ketones is 2. The first-order chi connectivity index (χ1) is 7.41. The number of Topliss-reactive ketones (excluding diaryl/α,β-unsaturated/α-hetero) is 1. The summed E-state index contributed by atoms with van der Waals surface area (Å²) < 4.78 is 5.02. The van der Waals surface area contributed by atoms with Crippen LogP contribution in [0.1, 0.15) is 20.8 Å². The Morgan fingerprint density at radius 1 is 1.50 bits per heavy atom. The standard InChI is InChI=1S/C12H16O4/c1-7-5-10(15)11(8(2)16-4)12(7,6-13)9(3)14/h5,13H,6H2,1-4H3/b11-8-/t12-/m0/s1. The van der Waals surface area contributed by atoms with Gasteiger partial charge >= 0.3 is 0 Å². The molecule has 0 unspecified atom stereocenters. The zero-order chi connectivity index (χ0) is 12.5. The SMILES string of the molecule is CO/C(C)=C1/C(=O)C=C(C)[C@@]1(CO)C(C)=O. The Bertz CT molecular complexity index is 403. The van der Waals surface area contributed by atoms with E-state index in [0.29, 0.717) is 11.3 Å². The van der Waals surface area contributed by atoms with Crippen LogP contribution >= 0.6 is 0 Å². The molecule has 0 heterocycles. The first kappa shape index (κ1) is 12.6. The average molecular weight is 224 g/mol. The average Bonchev–Trinajstić information content (AvgIpc) is 2.49. The summed E-state index contributed by atoms with van der Waals surface area (Å²) in [6.45, 7) is 4.25. The summed E-state index contributed by atoms with van der Waals surface area (Å²) in [7, 11) is 1.44. The molecular weight excluding hydrogens is 208 g/mol. The summed E-state index contributed by atoms with van der Waals surface area (Å²) in [4.78, 5) is 23.5. The van der Waals surface area contributed by atoms with Gasteiger partial charge < -0.3 is 9.84 Å². The molecule has 4 heteroatoms. The summed E-state index contributed by atoms with van der Waals surface area (Å²) in [6.07, 6.45) is 1.38. The number of carbonyl (C=O) groups excluding carboxylic acids is 2. The molecule has 0 aromatic heterocycles. The molecule has 88 valence electrons. The fraction of sp³-hybridized carbons (Fsp3) is 0.500. The van der Waals surface area contributed by atoms with Gasteiger partial charge in [-0.15, -0.1) is 0 Å². The number of aliphatic hydroxyl groups excluding tert-OH is 1. The number of allylic oxidation sites excluding steroid dienone is 2. The Hall–Kier alpha value is -1.42. The molecule has 0 radical (unpaired) electrons. The maximum Gasteiger partial charge on any atom is 0.186 e. The molecule has 1 aliphatic carbocycles. The number of methoxy groups -OCH3 is 1. The largest absolute Gasteiger partial charge is 0.501 e. The molecular formula is C12H16O4. The molecule has 0 amide bonds. The molecule has 0 aromatic carbocycles. The van der Waals surface area contributed by atoms with Crippen LogP contribution in [0.2, 0.25) is 0 Å². The molecule has 1 N–H and O–H groups in total. The third-order valence-electron chi connectivity index (χ3n) is 3.19. The molecule has 0 aromatic rings. The van der Waals surface area contributed by atoms with Gasteiger partial charge in [-0.3, -0.25) is 9.59 Å². The minimum absolute atomic E-state index is 0.249. The minimum Gasteiger partial charge on any atom is -0.501 e. The summed E-state index contributed by atoms with van der Waals surface area (Å²) in [6, 6.07) is 0. The number of rotatable bonds is 3. The first-order valence-corrected chi connectivity index (χ1v) is 5.02. The minimum atomic E-state index is -1.21. The van der Waals surface area contributed by atoms with Gasteiger partial charge in [0, 0.05) is 0 Å². The Balaban J connectivity index is 3.50. The van der Waals surface area contributed by atoms with Crippen LogP contribution in [-0.4, -0.2) is 30.4 Å². The maximum atomic E-state index is 11.8. The highest BCUT2D eigenvalue weighted by Gasteiger charge is 2.49. The summed E-state index contributed by atoms with van der Waals surface area (Å²) in [5.74, 6) is -0.135. The molecule has 4 nitrogen and oxygen atoms in total. The van der Waals surface area contributed by atoms with Crippen molar-refractivity contribution in [1.29, 1.82) is 0 Å². The summed E-state index contributed by atoms with van der Waals surface area (Å²) in [5.41, 5.74) is -0.390. The van der Waals surface area contributed by atoms with Crippen LogP contribution in [-0.2, 0) is 14.3 Å². The van der Waals surface area contributed by atoms with Crippen LogP contribution in [0.15, 0.2) is 23.0 Å². The molecule has 0 spiro atoms. The Morgan fingerprint density at radius 3 is 2.44 bits per heavy atom. The second-order valence-electron chi connectivity index (χ2n) is 3.95. The molecule has 0 saturated heterocycles. The number of ether oxygens (including phenoxy) is 1. The topological polar surface area (TPSA) is 63.6 Å². The lowest BCUT2D eigenvalue weighted by Crippen LogP contribution is -2.36. The van der Waals surface area contributed by atoms with Crippen molar-refractivity contribution in [2.45, 2.75) is 20.8 Å². The molecule has 0 bridgehead atoms. The van der Waals surface area contributed by atoms with E-state index < -0.39 is 12.0 Å². The van der Waals surface area contributed by atoms with E-state index in [2.05, 4.69) is 0 Å². The quantitative estimate of drug-likeness (QED) is 0.574. The maximum absolute atomic E-state index is 11.8. The fourth-order valence-electron chi connectivity index (χ4n) is 2.14. The monoisotopic (exact) mass is 224 g/mol. The zero-order valence-electron chi connectivity index (χ0n) is 9.96. The van der Waals surface area contributed by atoms with Crippen molar-refractivity contribution < 1.29 is 19.4 Å². The molecule has 1 rings (SSSR count). The molecule has 1 aliphatic rings. The van der Waals surface area contributed by atoms with Gasteiger partial charge in [-0.25, -0.2) is 0 Å². The Morgan fingerprint density at radius 2 is 2.06 bits per heavy atom. The molecule has 0 aliphatic heterocycles. The fourth-order valence-corrected chi connectivity index (χ4v) is 2.14. The van der Waals surface area contributed by atoms with E-state index >= 15 is 0 Å². The van der Waals surface area contributed by atoms with Crippen LogP contribution in [0.4, 0.5) is 0 Å². The zero-order valence-corrected chi connectivity index (χ0v) is 9.96. The van der Waals surface area contributed by atoms with E-state index in [1.807, 2.05) is 0 Å². The molecule has 0 fully saturated rings. The van der Waals surface area contributed by atoms with Crippen molar-refractivity contribution in [1.82, 2.24) is 0 Å². The van der Waals surface area contributed by atoms with E-state index in [1.54, 1.807) is 13.8 Å². The van der Waals surface area contributed by atoms with E-state index in [-0.39, 0.29) is 17.1 Å². The van der Waals surface area contributed by atoms with Crippen LogP contribution in [0, 0.1) is 5.41 Å². The van der Waals surface area contributed by atoms with Gasteiger partial charge in [-0.05, 0) is 32.4 Å². The van der Waals surface area contributed by atoms with E-state index in [9.17, 15) is 14.7 Å². The highest BCUT2D eigenvalue weighted by atomic mass is 16.5. The third-order valence-corrected chi connectivity index (χ3v) is 3.19. The van der Waals surface area contributed by atoms with Crippen LogP contribution < -0.4 is 0 Å². The van der Waals surface area contributed by atoms with Crippen molar-refractivity contribution in [2.24, 2.45) is 5.41 Å². The molecule has 1 atom stereocenters. The van der Waals surface area contributed by atoms with Crippen LogP contribution in [0.3, 0.4) is 0 Å². The van der Waals surface area contributed by atoms with Crippen molar-refractivity contribution in [3.05, 3.63) is 23.0 Å². The first-order valence-electron chi connectivity index (χ1n) is 5.02. The third kappa shape index (κ3) is 1.50. The lowest BCUT2D eigenvalue weighted by molar-refractivity contribution is -0.126. The number of hydrogen-bond donors (Lipinski definition) is 1. The molecule has 16 heavy (non-hydrogen) atoms. The second-order valence-corrected chi connectivity index (χ2v) is 3.95. The van der Waals surface area contributed by atoms with Crippen molar-refractivity contribution in [3.63, 3.8) is 0 Å². The van der Waals surface area contributed by atoms with E-state index in [1.165, 1.54) is 20.1 Å². The lowest BCUT2D eigenvalue weighted by atomic mass is 9.75. The normalized spacial score (nSPS) is 27.8. The van der Waals surface area contributed by atoms with Gasteiger partial charge in [0.2, 0.25) is 0 Å².